The fourth-order valence-electron chi connectivity index (χ4n) is 1.49. The van der Waals surface area contributed by atoms with Gasteiger partial charge in [-0.2, -0.15) is 9.78 Å². The first-order chi connectivity index (χ1) is 7.68. The number of hydrogen-bond donors (Lipinski definition) is 0. The molecule has 1 aromatic carbocycles. The first kappa shape index (κ1) is 10.4. The molecule has 0 N–H and O–H groups in total. The highest BCUT2D eigenvalue weighted by Crippen LogP contribution is 1.96. The Morgan fingerprint density at radius 1 is 1.25 bits per heavy atom. The van der Waals surface area contributed by atoms with E-state index in [1.165, 1.54) is 9.24 Å². The summed E-state index contributed by atoms with van der Waals surface area (Å²) >= 11 is 0. The van der Waals surface area contributed by atoms with E-state index < -0.39 is 0 Å². The quantitative estimate of drug-likeness (QED) is 0.697. The van der Waals surface area contributed by atoms with Crippen molar-refractivity contribution in [2.24, 2.45) is 12.1 Å². The van der Waals surface area contributed by atoms with Gasteiger partial charge in [-0.15, -0.1) is 0 Å². The van der Waals surface area contributed by atoms with Crippen molar-refractivity contribution in [3.8, 4) is 0 Å². The van der Waals surface area contributed by atoms with E-state index in [9.17, 15) is 4.79 Å². The number of hydrogen-bond acceptors (Lipinski definition) is 2. The minimum Gasteiger partial charge on any atom is -0.300 e. The molecule has 0 radical (unpaired) electrons. The van der Waals surface area contributed by atoms with Gasteiger partial charge in [-0.25, -0.2) is 4.79 Å². The Bertz CT molecular complexity index is 564. The number of benzene rings is 1. The standard InChI is InChI=1S/C12H13N3O/c1-10-9-14(2)12(16)15(10)13-8-11-6-4-3-5-7-11/h3-9H,1-2H3/b13-8+. The lowest BCUT2D eigenvalue weighted by atomic mass is 10.2. The van der Waals surface area contributed by atoms with Crippen molar-refractivity contribution in [3.05, 3.63) is 58.3 Å². The zero-order valence-electron chi connectivity index (χ0n) is 9.29. The summed E-state index contributed by atoms with van der Waals surface area (Å²) in [6.07, 6.45) is 3.43. The number of imidazole rings is 1. The lowest BCUT2D eigenvalue weighted by Crippen LogP contribution is -2.19. The molecule has 2 rings (SSSR count). The van der Waals surface area contributed by atoms with E-state index >= 15 is 0 Å². The lowest BCUT2D eigenvalue weighted by molar-refractivity contribution is 0.750. The predicted molar refractivity (Wildman–Crippen MR) is 63.8 cm³/mol. The molecule has 0 aliphatic heterocycles. The number of nitrogens with zero attached hydrogens (tertiary/aromatic N) is 3. The van der Waals surface area contributed by atoms with Crippen molar-refractivity contribution in [2.75, 3.05) is 0 Å². The Morgan fingerprint density at radius 2 is 1.94 bits per heavy atom. The van der Waals surface area contributed by atoms with E-state index in [-0.39, 0.29) is 5.69 Å². The maximum atomic E-state index is 11.6. The van der Waals surface area contributed by atoms with Crippen LogP contribution in [0.5, 0.6) is 0 Å². The van der Waals surface area contributed by atoms with Gasteiger partial charge in [-0.1, -0.05) is 30.3 Å². The minimum absolute atomic E-state index is 0.135. The van der Waals surface area contributed by atoms with Crippen LogP contribution in [0.3, 0.4) is 0 Å². The summed E-state index contributed by atoms with van der Waals surface area (Å²) in [5.41, 5.74) is 1.65. The second-order valence-corrected chi connectivity index (χ2v) is 3.63. The van der Waals surface area contributed by atoms with E-state index in [0.717, 1.165) is 11.3 Å². The number of aromatic nitrogens is 2. The fourth-order valence-corrected chi connectivity index (χ4v) is 1.49. The van der Waals surface area contributed by atoms with Gasteiger partial charge in [0.05, 0.1) is 11.9 Å². The molecule has 0 saturated carbocycles. The number of rotatable bonds is 2. The van der Waals surface area contributed by atoms with E-state index in [1.54, 1.807) is 19.5 Å². The molecule has 0 atom stereocenters. The van der Waals surface area contributed by atoms with Crippen LogP contribution < -0.4 is 5.69 Å². The molecule has 0 spiro atoms. The molecular weight excluding hydrogens is 202 g/mol. The van der Waals surface area contributed by atoms with Gasteiger partial charge < -0.3 is 4.57 Å². The summed E-state index contributed by atoms with van der Waals surface area (Å²) in [4.78, 5) is 11.6. The third kappa shape index (κ3) is 1.95. The van der Waals surface area contributed by atoms with Gasteiger partial charge >= 0.3 is 5.69 Å². The third-order valence-corrected chi connectivity index (χ3v) is 2.32. The zero-order chi connectivity index (χ0) is 11.5. The first-order valence-corrected chi connectivity index (χ1v) is 5.03. The molecular formula is C12H13N3O. The molecule has 82 valence electrons. The van der Waals surface area contributed by atoms with Crippen molar-refractivity contribution in [1.29, 1.82) is 0 Å². The second-order valence-electron chi connectivity index (χ2n) is 3.63. The Balaban J connectivity index is 2.35. The topological polar surface area (TPSA) is 39.3 Å². The summed E-state index contributed by atoms with van der Waals surface area (Å²) < 4.78 is 2.89. The van der Waals surface area contributed by atoms with Crippen LogP contribution in [0.4, 0.5) is 0 Å². The van der Waals surface area contributed by atoms with Crippen LogP contribution >= 0.6 is 0 Å². The van der Waals surface area contributed by atoms with Gasteiger partial charge in [0.2, 0.25) is 0 Å². The predicted octanol–water partition coefficient (Wildman–Crippen LogP) is 1.38. The van der Waals surface area contributed by atoms with Crippen LogP contribution in [0, 0.1) is 6.92 Å². The van der Waals surface area contributed by atoms with Crippen LogP contribution in [0.15, 0.2) is 46.4 Å². The van der Waals surface area contributed by atoms with Crippen LogP contribution in [0.1, 0.15) is 11.3 Å². The monoisotopic (exact) mass is 215 g/mol. The molecule has 0 unspecified atom stereocenters. The minimum atomic E-state index is -0.135. The molecule has 0 bridgehead atoms. The average molecular weight is 215 g/mol. The average Bonchev–Trinajstić information content (AvgIpc) is 2.53. The summed E-state index contributed by atoms with van der Waals surface area (Å²) in [5.74, 6) is 0. The second kappa shape index (κ2) is 4.18. The van der Waals surface area contributed by atoms with Gasteiger partial charge in [0.25, 0.3) is 0 Å². The first-order valence-electron chi connectivity index (χ1n) is 5.03. The summed E-state index contributed by atoms with van der Waals surface area (Å²) in [7, 11) is 1.71. The van der Waals surface area contributed by atoms with Crippen LogP contribution in [-0.4, -0.2) is 15.5 Å². The van der Waals surface area contributed by atoms with E-state index in [4.69, 9.17) is 0 Å². The largest absolute Gasteiger partial charge is 0.348 e. The van der Waals surface area contributed by atoms with Gasteiger partial charge in [0.15, 0.2) is 0 Å². The molecule has 0 amide bonds. The molecule has 0 saturated heterocycles. The lowest BCUT2D eigenvalue weighted by Gasteiger charge is -1.94. The van der Waals surface area contributed by atoms with Crippen molar-refractivity contribution in [2.45, 2.75) is 6.92 Å². The van der Waals surface area contributed by atoms with E-state index in [0.29, 0.717) is 0 Å². The smallest absolute Gasteiger partial charge is 0.300 e. The molecule has 1 aromatic heterocycles. The maximum Gasteiger partial charge on any atom is 0.348 e. The highest BCUT2D eigenvalue weighted by Gasteiger charge is 2.02. The fraction of sp³-hybridized carbons (Fsp3) is 0.167. The SMILES string of the molecule is Cc1cn(C)c(=O)n1/N=C/c1ccccc1. The summed E-state index contributed by atoms with van der Waals surface area (Å²) in [6.45, 7) is 1.85. The Kier molecular flexibility index (Phi) is 2.72. The summed E-state index contributed by atoms with van der Waals surface area (Å²) in [5, 5.41) is 4.15. The van der Waals surface area contributed by atoms with Crippen molar-refractivity contribution < 1.29 is 0 Å². The highest BCUT2D eigenvalue weighted by molar-refractivity contribution is 5.79. The van der Waals surface area contributed by atoms with E-state index in [1.807, 2.05) is 37.3 Å². The van der Waals surface area contributed by atoms with Crippen LogP contribution in [-0.2, 0) is 7.05 Å². The van der Waals surface area contributed by atoms with Gasteiger partial charge in [0.1, 0.15) is 0 Å². The molecule has 0 fully saturated rings. The third-order valence-electron chi connectivity index (χ3n) is 2.32. The van der Waals surface area contributed by atoms with Crippen LogP contribution in [0.2, 0.25) is 0 Å². The Hall–Kier alpha value is -2.10. The van der Waals surface area contributed by atoms with Crippen molar-refractivity contribution in [1.82, 2.24) is 9.24 Å². The molecule has 0 aliphatic rings. The molecule has 4 nitrogen and oxygen atoms in total. The Morgan fingerprint density at radius 3 is 2.50 bits per heavy atom. The van der Waals surface area contributed by atoms with Crippen LogP contribution in [0.25, 0.3) is 0 Å². The zero-order valence-corrected chi connectivity index (χ0v) is 9.29. The van der Waals surface area contributed by atoms with Gasteiger partial charge in [-0.3, -0.25) is 0 Å². The maximum absolute atomic E-state index is 11.6. The Labute approximate surface area is 93.5 Å². The van der Waals surface area contributed by atoms with E-state index in [2.05, 4.69) is 5.10 Å². The van der Waals surface area contributed by atoms with Crippen molar-refractivity contribution in [3.63, 3.8) is 0 Å². The summed E-state index contributed by atoms with van der Waals surface area (Å²) in [6, 6.07) is 9.68. The van der Waals surface area contributed by atoms with Crippen molar-refractivity contribution >= 4 is 6.21 Å². The van der Waals surface area contributed by atoms with Gasteiger partial charge in [0, 0.05) is 13.2 Å². The number of aryl methyl sites for hydroxylation is 2. The molecule has 1 heterocycles. The normalized spacial score (nSPS) is 11.1. The van der Waals surface area contributed by atoms with Gasteiger partial charge in [-0.05, 0) is 12.5 Å². The molecule has 16 heavy (non-hydrogen) atoms. The molecule has 4 heteroatoms. The molecule has 2 aromatic rings. The highest BCUT2D eigenvalue weighted by atomic mass is 16.2. The molecule has 0 aliphatic carbocycles.